The molecule has 0 fully saturated rings. The van der Waals surface area contributed by atoms with Crippen molar-refractivity contribution in [2.75, 3.05) is 0 Å². The molecule has 0 radical (unpaired) electrons. The predicted molar refractivity (Wildman–Crippen MR) is 69.3 cm³/mol. The minimum Gasteiger partial charge on any atom is -0.249 e. The maximum absolute atomic E-state index is 12.4. The predicted octanol–water partition coefficient (Wildman–Crippen LogP) is 4.43. The zero-order valence-corrected chi connectivity index (χ0v) is 11.2. The molecule has 0 saturated carbocycles. The van der Waals surface area contributed by atoms with E-state index in [1.807, 2.05) is 13.0 Å². The molecule has 20 heavy (non-hydrogen) atoms. The highest BCUT2D eigenvalue weighted by Gasteiger charge is 2.30. The summed E-state index contributed by atoms with van der Waals surface area (Å²) in [5.41, 5.74) is 0.647. The summed E-state index contributed by atoms with van der Waals surface area (Å²) in [4.78, 5) is 4.44. The van der Waals surface area contributed by atoms with E-state index in [4.69, 9.17) is 5.26 Å². The highest BCUT2D eigenvalue weighted by molar-refractivity contribution is 7.99. The van der Waals surface area contributed by atoms with E-state index in [0.717, 1.165) is 17.8 Å². The molecule has 2 aromatic rings. The van der Waals surface area contributed by atoms with Gasteiger partial charge in [-0.05, 0) is 36.8 Å². The Kier molecular flexibility index (Phi) is 4.00. The summed E-state index contributed by atoms with van der Waals surface area (Å²) >= 11 is 1.17. The van der Waals surface area contributed by atoms with Crippen LogP contribution < -0.4 is 0 Å². The van der Waals surface area contributed by atoms with E-state index >= 15 is 0 Å². The second-order valence-corrected chi connectivity index (χ2v) is 5.16. The summed E-state index contributed by atoms with van der Waals surface area (Å²) in [5.74, 6) is 0. The highest BCUT2D eigenvalue weighted by atomic mass is 32.2. The summed E-state index contributed by atoms with van der Waals surface area (Å²) in [5, 5.41) is 9.45. The van der Waals surface area contributed by atoms with E-state index in [-0.39, 0.29) is 0 Å². The normalized spacial score (nSPS) is 11.2. The summed E-state index contributed by atoms with van der Waals surface area (Å²) in [6.07, 6.45) is -3.60. The second-order valence-electron chi connectivity index (χ2n) is 4.10. The molecule has 102 valence electrons. The Labute approximate surface area is 118 Å². The molecule has 1 aromatic heterocycles. The molecule has 2 nitrogen and oxygen atoms in total. The van der Waals surface area contributed by atoms with Gasteiger partial charge in [-0.15, -0.1) is 0 Å². The van der Waals surface area contributed by atoms with Gasteiger partial charge in [0.2, 0.25) is 0 Å². The summed E-state index contributed by atoms with van der Waals surface area (Å²) in [6.45, 7) is 1.87. The van der Waals surface area contributed by atoms with Gasteiger partial charge in [0, 0.05) is 11.1 Å². The Balaban J connectivity index is 2.25. The third-order valence-electron chi connectivity index (χ3n) is 2.53. The molecule has 1 aromatic carbocycles. The van der Waals surface area contributed by atoms with Gasteiger partial charge < -0.3 is 0 Å². The van der Waals surface area contributed by atoms with Gasteiger partial charge in [0.05, 0.1) is 11.1 Å². The molecular weight excluding hydrogens is 285 g/mol. The number of aryl methyl sites for hydroxylation is 1. The average Bonchev–Trinajstić information content (AvgIpc) is 2.40. The molecule has 0 amide bonds. The van der Waals surface area contributed by atoms with Crippen molar-refractivity contribution < 1.29 is 13.2 Å². The number of nitrogens with zero attached hydrogens (tertiary/aromatic N) is 2. The maximum Gasteiger partial charge on any atom is 0.417 e. The van der Waals surface area contributed by atoms with E-state index < -0.39 is 11.7 Å². The van der Waals surface area contributed by atoms with E-state index in [9.17, 15) is 13.2 Å². The van der Waals surface area contributed by atoms with Crippen LogP contribution in [0.1, 0.15) is 16.7 Å². The molecule has 0 spiro atoms. The monoisotopic (exact) mass is 294 g/mol. The number of halogens is 3. The zero-order valence-electron chi connectivity index (χ0n) is 10.4. The van der Waals surface area contributed by atoms with E-state index in [2.05, 4.69) is 11.1 Å². The van der Waals surface area contributed by atoms with Crippen LogP contribution in [0.15, 0.2) is 46.5 Å². The zero-order chi connectivity index (χ0) is 14.8. The first-order chi connectivity index (χ1) is 9.40. The first kappa shape index (κ1) is 14.4. The smallest absolute Gasteiger partial charge is 0.249 e. The van der Waals surface area contributed by atoms with Crippen molar-refractivity contribution >= 4 is 11.8 Å². The van der Waals surface area contributed by atoms with Crippen LogP contribution in [-0.4, -0.2) is 4.98 Å². The fraction of sp³-hybridized carbons (Fsp3) is 0.143. The standard InChI is InChI=1S/C14H9F3N2S/c1-9-2-4-12(10(6-9)7-18)20-13-5-3-11(8-19-13)14(15,16)17/h2-6,8H,1H3. The highest BCUT2D eigenvalue weighted by Crippen LogP contribution is 2.32. The lowest BCUT2D eigenvalue weighted by Crippen LogP contribution is -2.05. The fourth-order valence-electron chi connectivity index (χ4n) is 1.54. The average molecular weight is 294 g/mol. The number of hydrogen-bond acceptors (Lipinski definition) is 3. The number of hydrogen-bond donors (Lipinski definition) is 0. The lowest BCUT2D eigenvalue weighted by atomic mass is 10.2. The number of aromatic nitrogens is 1. The largest absolute Gasteiger partial charge is 0.417 e. The van der Waals surface area contributed by atoms with E-state index in [1.165, 1.54) is 17.8 Å². The minimum absolute atomic E-state index is 0.415. The molecule has 0 bridgehead atoms. The first-order valence-electron chi connectivity index (χ1n) is 5.62. The molecule has 0 saturated heterocycles. The molecule has 6 heteroatoms. The van der Waals surface area contributed by atoms with Crippen molar-refractivity contribution in [3.63, 3.8) is 0 Å². The molecule has 0 atom stereocenters. The maximum atomic E-state index is 12.4. The van der Waals surface area contributed by atoms with Crippen LogP contribution in [0.3, 0.4) is 0 Å². The third-order valence-corrected chi connectivity index (χ3v) is 3.56. The summed E-state index contributed by atoms with van der Waals surface area (Å²) in [7, 11) is 0. The fourth-order valence-corrected chi connectivity index (χ4v) is 2.36. The van der Waals surface area contributed by atoms with Crippen LogP contribution in [0, 0.1) is 18.3 Å². The van der Waals surface area contributed by atoms with Crippen LogP contribution in [0.25, 0.3) is 0 Å². The molecule has 0 unspecified atom stereocenters. The Morgan fingerprint density at radius 2 is 1.95 bits per heavy atom. The molecule has 0 aliphatic rings. The second kappa shape index (κ2) is 5.55. The molecule has 2 rings (SSSR count). The van der Waals surface area contributed by atoms with Gasteiger partial charge in [-0.1, -0.05) is 17.8 Å². The number of benzene rings is 1. The van der Waals surface area contributed by atoms with Crippen molar-refractivity contribution in [1.82, 2.24) is 4.98 Å². The molecule has 0 aliphatic heterocycles. The van der Waals surface area contributed by atoms with Gasteiger partial charge in [0.1, 0.15) is 11.1 Å². The van der Waals surface area contributed by atoms with Gasteiger partial charge in [-0.25, -0.2) is 4.98 Å². The van der Waals surface area contributed by atoms with Gasteiger partial charge in [-0.3, -0.25) is 0 Å². The van der Waals surface area contributed by atoms with E-state index in [1.54, 1.807) is 12.1 Å². The quantitative estimate of drug-likeness (QED) is 0.822. The van der Waals surface area contributed by atoms with Gasteiger partial charge in [0.15, 0.2) is 0 Å². The van der Waals surface area contributed by atoms with Crippen LogP contribution in [-0.2, 0) is 6.18 Å². The topological polar surface area (TPSA) is 36.7 Å². The van der Waals surface area contributed by atoms with E-state index in [0.29, 0.717) is 15.5 Å². The van der Waals surface area contributed by atoms with Gasteiger partial charge in [-0.2, -0.15) is 18.4 Å². The molecule has 0 aliphatic carbocycles. The number of nitriles is 1. The van der Waals surface area contributed by atoms with Gasteiger partial charge >= 0.3 is 6.18 Å². The van der Waals surface area contributed by atoms with Crippen molar-refractivity contribution in [2.45, 2.75) is 23.0 Å². The number of alkyl halides is 3. The van der Waals surface area contributed by atoms with Gasteiger partial charge in [0.25, 0.3) is 0 Å². The van der Waals surface area contributed by atoms with Crippen LogP contribution in [0.2, 0.25) is 0 Å². The Bertz CT molecular complexity index is 658. The SMILES string of the molecule is Cc1ccc(Sc2ccc(C(F)(F)F)cn2)c(C#N)c1. The Morgan fingerprint density at radius 1 is 1.20 bits per heavy atom. The number of pyridine rings is 1. The summed E-state index contributed by atoms with van der Waals surface area (Å²) < 4.78 is 37.3. The lowest BCUT2D eigenvalue weighted by molar-refractivity contribution is -0.137. The first-order valence-corrected chi connectivity index (χ1v) is 6.43. The summed E-state index contributed by atoms with van der Waals surface area (Å²) in [6, 6.07) is 9.68. The van der Waals surface area contributed by atoms with Crippen molar-refractivity contribution in [2.24, 2.45) is 0 Å². The van der Waals surface area contributed by atoms with Crippen LogP contribution in [0.5, 0.6) is 0 Å². The van der Waals surface area contributed by atoms with Crippen molar-refractivity contribution in [3.8, 4) is 6.07 Å². The van der Waals surface area contributed by atoms with Crippen LogP contribution >= 0.6 is 11.8 Å². The van der Waals surface area contributed by atoms with Crippen molar-refractivity contribution in [3.05, 3.63) is 53.2 Å². The Hall–Kier alpha value is -2.00. The molecule has 0 N–H and O–H groups in total. The van der Waals surface area contributed by atoms with Crippen LogP contribution in [0.4, 0.5) is 13.2 Å². The molecular formula is C14H9F3N2S. The number of rotatable bonds is 2. The Morgan fingerprint density at radius 3 is 2.50 bits per heavy atom. The molecule has 1 heterocycles. The third kappa shape index (κ3) is 3.31. The minimum atomic E-state index is -4.39. The lowest BCUT2D eigenvalue weighted by Gasteiger charge is -2.07. The van der Waals surface area contributed by atoms with Crippen molar-refractivity contribution in [1.29, 1.82) is 5.26 Å².